The lowest BCUT2D eigenvalue weighted by Crippen LogP contribution is -2.15. The average Bonchev–Trinajstić information content (AvgIpc) is 2.48. The van der Waals surface area contributed by atoms with Gasteiger partial charge in [0.1, 0.15) is 5.75 Å². The van der Waals surface area contributed by atoms with E-state index >= 15 is 0 Å². The molecule has 0 saturated heterocycles. The molecule has 0 amide bonds. The molecule has 0 fully saturated rings. The third kappa shape index (κ3) is 2.63. The van der Waals surface area contributed by atoms with Gasteiger partial charge in [-0.15, -0.1) is 0 Å². The van der Waals surface area contributed by atoms with Crippen molar-refractivity contribution < 1.29 is 4.74 Å². The molecule has 0 heterocycles. The van der Waals surface area contributed by atoms with Gasteiger partial charge in [-0.05, 0) is 31.7 Å². The second-order valence-corrected chi connectivity index (χ2v) is 3.59. The highest BCUT2D eigenvalue weighted by Gasteiger charge is 2.10. The first-order valence-electron chi connectivity index (χ1n) is 5.23. The van der Waals surface area contributed by atoms with E-state index in [4.69, 9.17) is 4.74 Å². The third-order valence-electron chi connectivity index (χ3n) is 2.45. The van der Waals surface area contributed by atoms with Crippen LogP contribution in [0.2, 0.25) is 0 Å². The fourth-order valence-corrected chi connectivity index (χ4v) is 1.69. The van der Waals surface area contributed by atoms with Gasteiger partial charge in [0.25, 0.3) is 0 Å². The van der Waals surface area contributed by atoms with Crippen LogP contribution < -0.4 is 4.74 Å². The highest BCUT2D eigenvalue weighted by Crippen LogP contribution is 2.18. The molecule has 1 aromatic rings. The molecule has 0 unspecified atom stereocenters. The fraction of sp³-hybridized carbons (Fsp3) is 0.385. The lowest BCUT2D eigenvalue weighted by Gasteiger charge is -2.16. The number of allylic oxidation sites excluding steroid dienone is 2. The van der Waals surface area contributed by atoms with Crippen LogP contribution in [-0.4, -0.2) is 6.10 Å². The number of rotatable bonds is 2. The van der Waals surface area contributed by atoms with E-state index in [0.29, 0.717) is 6.10 Å². The van der Waals surface area contributed by atoms with Gasteiger partial charge < -0.3 is 4.74 Å². The molecule has 14 heavy (non-hydrogen) atoms. The van der Waals surface area contributed by atoms with Crippen molar-refractivity contribution >= 4 is 0 Å². The molecule has 1 radical (unpaired) electrons. The summed E-state index contributed by atoms with van der Waals surface area (Å²) < 4.78 is 5.84. The van der Waals surface area contributed by atoms with Gasteiger partial charge in [-0.3, -0.25) is 0 Å². The Balaban J connectivity index is 1.91. The lowest BCUT2D eigenvalue weighted by atomic mass is 10.1. The maximum absolute atomic E-state index is 5.84. The molecule has 1 heteroatoms. The molecule has 0 atom stereocenters. The average molecular weight is 187 g/mol. The quantitative estimate of drug-likeness (QED) is 0.645. The standard InChI is InChI=1S/C13H15O/c1-2-5-9-12(8-4-1)14-13-10-6-3-7-11-13/h1-3,6-7,10,12H,4-5,8-9H2. The minimum Gasteiger partial charge on any atom is -0.490 e. The summed E-state index contributed by atoms with van der Waals surface area (Å²) in [5.74, 6) is 0.874. The summed E-state index contributed by atoms with van der Waals surface area (Å²) in [5, 5.41) is 0. The van der Waals surface area contributed by atoms with Crippen LogP contribution in [0.15, 0.2) is 36.4 Å². The van der Waals surface area contributed by atoms with E-state index in [-0.39, 0.29) is 0 Å². The number of hydrogen-bond acceptors (Lipinski definition) is 1. The van der Waals surface area contributed by atoms with Crippen LogP contribution in [0, 0.1) is 6.07 Å². The van der Waals surface area contributed by atoms with Gasteiger partial charge in [0.05, 0.1) is 6.10 Å². The van der Waals surface area contributed by atoms with Gasteiger partial charge in [0.2, 0.25) is 0 Å². The van der Waals surface area contributed by atoms with E-state index < -0.39 is 0 Å². The zero-order chi connectivity index (χ0) is 9.64. The van der Waals surface area contributed by atoms with Crippen LogP contribution >= 0.6 is 0 Å². The van der Waals surface area contributed by atoms with Crippen LogP contribution in [0.5, 0.6) is 5.75 Å². The van der Waals surface area contributed by atoms with Gasteiger partial charge in [-0.1, -0.05) is 30.4 Å². The minimum atomic E-state index is 0.364. The van der Waals surface area contributed by atoms with E-state index in [1.165, 1.54) is 0 Å². The Hall–Kier alpha value is -1.24. The Labute approximate surface area is 85.4 Å². The molecular weight excluding hydrogens is 172 g/mol. The summed E-state index contributed by atoms with van der Waals surface area (Å²) in [6.45, 7) is 0. The molecule has 0 aromatic heterocycles. The number of hydrogen-bond donors (Lipinski definition) is 0. The largest absolute Gasteiger partial charge is 0.490 e. The first-order chi connectivity index (χ1) is 6.95. The van der Waals surface area contributed by atoms with Crippen molar-refractivity contribution in [3.8, 4) is 5.75 Å². The van der Waals surface area contributed by atoms with Crippen molar-refractivity contribution in [1.82, 2.24) is 0 Å². The molecule has 0 N–H and O–H groups in total. The summed E-state index contributed by atoms with van der Waals surface area (Å²) in [4.78, 5) is 0. The summed E-state index contributed by atoms with van der Waals surface area (Å²) >= 11 is 0. The Bertz CT molecular complexity index is 279. The molecule has 1 aliphatic rings. The van der Waals surface area contributed by atoms with Crippen molar-refractivity contribution in [2.45, 2.75) is 31.8 Å². The first-order valence-corrected chi connectivity index (χ1v) is 5.23. The van der Waals surface area contributed by atoms with Crippen LogP contribution in [-0.2, 0) is 0 Å². The van der Waals surface area contributed by atoms with Gasteiger partial charge in [-0.25, -0.2) is 0 Å². The van der Waals surface area contributed by atoms with Gasteiger partial charge in [-0.2, -0.15) is 0 Å². The Morgan fingerprint density at radius 2 is 1.93 bits per heavy atom. The van der Waals surface area contributed by atoms with Gasteiger partial charge in [0.15, 0.2) is 0 Å². The second kappa shape index (κ2) is 4.85. The van der Waals surface area contributed by atoms with Crippen LogP contribution in [0.3, 0.4) is 0 Å². The summed E-state index contributed by atoms with van der Waals surface area (Å²) in [6, 6.07) is 10.9. The molecule has 1 aromatic carbocycles. The first kappa shape index (κ1) is 9.32. The number of benzene rings is 1. The second-order valence-electron chi connectivity index (χ2n) is 3.59. The van der Waals surface area contributed by atoms with E-state index in [2.05, 4.69) is 18.2 Å². The molecule has 0 saturated carbocycles. The van der Waals surface area contributed by atoms with Crippen LogP contribution in [0.4, 0.5) is 0 Å². The summed E-state index contributed by atoms with van der Waals surface area (Å²) in [6.07, 6.45) is 9.38. The third-order valence-corrected chi connectivity index (χ3v) is 2.45. The minimum absolute atomic E-state index is 0.364. The van der Waals surface area contributed by atoms with E-state index in [1.54, 1.807) is 0 Å². The predicted octanol–water partition coefficient (Wildman–Crippen LogP) is 3.36. The zero-order valence-electron chi connectivity index (χ0n) is 8.28. The maximum atomic E-state index is 5.84. The normalized spacial score (nSPS) is 17.7. The van der Waals surface area contributed by atoms with Crippen LogP contribution in [0.25, 0.3) is 0 Å². The lowest BCUT2D eigenvalue weighted by molar-refractivity contribution is 0.185. The molecule has 73 valence electrons. The van der Waals surface area contributed by atoms with Crippen molar-refractivity contribution in [2.24, 2.45) is 0 Å². The topological polar surface area (TPSA) is 9.23 Å². The van der Waals surface area contributed by atoms with E-state index in [0.717, 1.165) is 31.4 Å². The van der Waals surface area contributed by atoms with Crippen molar-refractivity contribution in [2.75, 3.05) is 0 Å². The molecule has 2 rings (SSSR count). The predicted molar refractivity (Wildman–Crippen MR) is 57.3 cm³/mol. The van der Waals surface area contributed by atoms with Crippen LogP contribution in [0.1, 0.15) is 25.7 Å². The van der Waals surface area contributed by atoms with E-state index in [9.17, 15) is 0 Å². The number of para-hydroxylation sites is 1. The SMILES string of the molecule is [c]1ccccc1OC1CCC=CCC1. The molecule has 1 aliphatic carbocycles. The highest BCUT2D eigenvalue weighted by atomic mass is 16.5. The molecule has 0 bridgehead atoms. The van der Waals surface area contributed by atoms with Crippen molar-refractivity contribution in [1.29, 1.82) is 0 Å². The van der Waals surface area contributed by atoms with E-state index in [1.807, 2.05) is 24.3 Å². The smallest absolute Gasteiger partial charge is 0.127 e. The Morgan fingerprint density at radius 1 is 1.14 bits per heavy atom. The highest BCUT2D eigenvalue weighted by molar-refractivity contribution is 5.19. The van der Waals surface area contributed by atoms with Gasteiger partial charge >= 0.3 is 0 Å². The maximum Gasteiger partial charge on any atom is 0.127 e. The van der Waals surface area contributed by atoms with Crippen molar-refractivity contribution in [3.63, 3.8) is 0 Å². The monoisotopic (exact) mass is 187 g/mol. The number of ether oxygens (including phenoxy) is 1. The van der Waals surface area contributed by atoms with Gasteiger partial charge in [0, 0.05) is 6.07 Å². The van der Waals surface area contributed by atoms with Crippen molar-refractivity contribution in [3.05, 3.63) is 42.5 Å². The zero-order valence-corrected chi connectivity index (χ0v) is 8.28. The molecule has 0 aliphatic heterocycles. The molecule has 1 nitrogen and oxygen atoms in total. The molecular formula is C13H15O. The molecule has 0 spiro atoms. The summed E-state index contributed by atoms with van der Waals surface area (Å²) in [5.41, 5.74) is 0. The Kier molecular flexibility index (Phi) is 3.23. The summed E-state index contributed by atoms with van der Waals surface area (Å²) in [7, 11) is 0. The fourth-order valence-electron chi connectivity index (χ4n) is 1.69. The Morgan fingerprint density at radius 3 is 2.57 bits per heavy atom.